The number of fused-ring (bicyclic) bond motifs is 1. The minimum absolute atomic E-state index is 0.0978. The number of thiophene rings is 1. The lowest BCUT2D eigenvalue weighted by Crippen LogP contribution is -2.33. The Kier molecular flexibility index (Phi) is 4.67. The molecule has 0 radical (unpaired) electrons. The SMILES string of the molecule is CCCC(C#N)NC(=O)c1cc2c(s1)CCSC2. The van der Waals surface area contributed by atoms with Crippen LogP contribution in [0.5, 0.6) is 0 Å². The highest BCUT2D eigenvalue weighted by Gasteiger charge is 2.19. The van der Waals surface area contributed by atoms with Crippen LogP contribution in [0.3, 0.4) is 0 Å². The number of amides is 1. The van der Waals surface area contributed by atoms with E-state index in [2.05, 4.69) is 11.4 Å². The number of hydrogen-bond acceptors (Lipinski definition) is 4. The molecule has 1 atom stereocenters. The molecule has 5 heteroatoms. The molecule has 0 saturated heterocycles. The van der Waals surface area contributed by atoms with E-state index < -0.39 is 0 Å². The third-order valence-corrected chi connectivity index (χ3v) is 5.13. The molecule has 1 aromatic heterocycles. The van der Waals surface area contributed by atoms with E-state index in [4.69, 9.17) is 5.26 Å². The monoisotopic (exact) mass is 280 g/mol. The van der Waals surface area contributed by atoms with Gasteiger partial charge in [-0.2, -0.15) is 17.0 Å². The lowest BCUT2D eigenvalue weighted by Gasteiger charge is -2.08. The van der Waals surface area contributed by atoms with Gasteiger partial charge in [-0.15, -0.1) is 11.3 Å². The number of aryl methyl sites for hydroxylation is 1. The maximum atomic E-state index is 12.0. The molecule has 1 aliphatic rings. The third-order valence-electron chi connectivity index (χ3n) is 2.89. The van der Waals surface area contributed by atoms with E-state index in [1.54, 1.807) is 11.3 Å². The zero-order valence-electron chi connectivity index (χ0n) is 10.4. The van der Waals surface area contributed by atoms with Crippen molar-refractivity contribution in [3.63, 3.8) is 0 Å². The molecule has 0 bridgehead atoms. The van der Waals surface area contributed by atoms with Crippen LogP contribution < -0.4 is 5.32 Å². The number of thioether (sulfide) groups is 1. The zero-order chi connectivity index (χ0) is 13.0. The van der Waals surface area contributed by atoms with Crippen LogP contribution >= 0.6 is 23.1 Å². The van der Waals surface area contributed by atoms with Crippen LogP contribution in [0.15, 0.2) is 6.07 Å². The first-order chi connectivity index (χ1) is 8.74. The Morgan fingerprint density at radius 1 is 1.67 bits per heavy atom. The zero-order valence-corrected chi connectivity index (χ0v) is 12.0. The fourth-order valence-corrected chi connectivity index (χ4v) is 4.22. The summed E-state index contributed by atoms with van der Waals surface area (Å²) in [6.45, 7) is 2.01. The first kappa shape index (κ1) is 13.4. The second kappa shape index (κ2) is 6.26. The summed E-state index contributed by atoms with van der Waals surface area (Å²) in [7, 11) is 0. The van der Waals surface area contributed by atoms with Crippen LogP contribution in [-0.2, 0) is 12.2 Å². The van der Waals surface area contributed by atoms with Gasteiger partial charge in [0.15, 0.2) is 0 Å². The van der Waals surface area contributed by atoms with Gasteiger partial charge in [0.1, 0.15) is 6.04 Å². The summed E-state index contributed by atoms with van der Waals surface area (Å²) in [4.78, 5) is 14.1. The molecule has 96 valence electrons. The number of carbonyl (C=O) groups excluding carboxylic acids is 1. The van der Waals surface area contributed by atoms with Crippen LogP contribution in [0.1, 0.15) is 39.9 Å². The molecule has 1 aromatic rings. The molecule has 2 rings (SSSR count). The summed E-state index contributed by atoms with van der Waals surface area (Å²) in [5, 5.41) is 11.7. The van der Waals surface area contributed by atoms with Crippen molar-refractivity contribution in [1.29, 1.82) is 5.26 Å². The van der Waals surface area contributed by atoms with E-state index in [-0.39, 0.29) is 11.9 Å². The van der Waals surface area contributed by atoms with Crippen LogP contribution in [0.25, 0.3) is 0 Å². The number of nitriles is 1. The molecule has 1 amide bonds. The molecular weight excluding hydrogens is 264 g/mol. The fourth-order valence-electron chi connectivity index (χ4n) is 1.95. The first-order valence-electron chi connectivity index (χ1n) is 6.14. The number of nitrogens with one attached hydrogen (secondary N) is 1. The molecule has 0 aromatic carbocycles. The van der Waals surface area contributed by atoms with E-state index in [1.807, 2.05) is 24.8 Å². The number of carbonyl (C=O) groups is 1. The largest absolute Gasteiger partial charge is 0.336 e. The Morgan fingerprint density at radius 2 is 2.50 bits per heavy atom. The molecule has 18 heavy (non-hydrogen) atoms. The van der Waals surface area contributed by atoms with Crippen molar-refractivity contribution in [3.05, 3.63) is 21.4 Å². The van der Waals surface area contributed by atoms with Crippen LogP contribution in [0, 0.1) is 11.3 Å². The van der Waals surface area contributed by atoms with Crippen molar-refractivity contribution in [1.82, 2.24) is 5.32 Å². The lowest BCUT2D eigenvalue weighted by atomic mass is 10.2. The Bertz CT molecular complexity index is 452. The standard InChI is InChI=1S/C13H16N2OS2/c1-2-3-10(7-14)15-13(16)12-6-9-8-17-5-4-11(9)18-12/h6,10H,2-5,8H2,1H3,(H,15,16). The Balaban J connectivity index is 2.05. The van der Waals surface area contributed by atoms with Gasteiger partial charge in [-0.05, 0) is 30.2 Å². The molecule has 1 aliphatic heterocycles. The highest BCUT2D eigenvalue weighted by molar-refractivity contribution is 7.98. The molecule has 0 saturated carbocycles. The van der Waals surface area contributed by atoms with Crippen molar-refractivity contribution in [2.45, 2.75) is 38.0 Å². The maximum absolute atomic E-state index is 12.0. The van der Waals surface area contributed by atoms with Crippen LogP contribution in [-0.4, -0.2) is 17.7 Å². The molecular formula is C13H16N2OS2. The summed E-state index contributed by atoms with van der Waals surface area (Å²) in [6, 6.07) is 3.76. The van der Waals surface area contributed by atoms with Gasteiger partial charge >= 0.3 is 0 Å². The quantitative estimate of drug-likeness (QED) is 0.922. The summed E-state index contributed by atoms with van der Waals surface area (Å²) >= 11 is 3.49. The van der Waals surface area contributed by atoms with Gasteiger partial charge in [0.2, 0.25) is 0 Å². The van der Waals surface area contributed by atoms with Gasteiger partial charge in [0.05, 0.1) is 10.9 Å². The number of nitrogens with zero attached hydrogens (tertiary/aromatic N) is 1. The van der Waals surface area contributed by atoms with Gasteiger partial charge < -0.3 is 5.32 Å². The van der Waals surface area contributed by atoms with E-state index in [1.165, 1.54) is 10.4 Å². The average molecular weight is 280 g/mol. The Labute approximate surface area is 116 Å². The van der Waals surface area contributed by atoms with E-state index in [9.17, 15) is 4.79 Å². The smallest absolute Gasteiger partial charge is 0.262 e. The predicted molar refractivity (Wildman–Crippen MR) is 76.0 cm³/mol. The highest BCUT2D eigenvalue weighted by Crippen LogP contribution is 2.31. The minimum Gasteiger partial charge on any atom is -0.336 e. The molecule has 2 heterocycles. The third kappa shape index (κ3) is 3.06. The van der Waals surface area contributed by atoms with Gasteiger partial charge in [-0.1, -0.05) is 13.3 Å². The van der Waals surface area contributed by atoms with Gasteiger partial charge in [0, 0.05) is 10.6 Å². The molecule has 0 spiro atoms. The van der Waals surface area contributed by atoms with E-state index in [0.717, 1.165) is 29.2 Å². The van der Waals surface area contributed by atoms with Crippen molar-refractivity contribution in [2.24, 2.45) is 0 Å². The summed E-state index contributed by atoms with van der Waals surface area (Å²) in [6.07, 6.45) is 2.67. The second-order valence-corrected chi connectivity index (χ2v) is 6.55. The minimum atomic E-state index is -0.365. The summed E-state index contributed by atoms with van der Waals surface area (Å²) < 4.78 is 0. The molecule has 1 N–H and O–H groups in total. The first-order valence-corrected chi connectivity index (χ1v) is 8.11. The number of hydrogen-bond donors (Lipinski definition) is 1. The lowest BCUT2D eigenvalue weighted by molar-refractivity contribution is 0.0948. The van der Waals surface area contributed by atoms with Crippen LogP contribution in [0.2, 0.25) is 0 Å². The maximum Gasteiger partial charge on any atom is 0.262 e. The molecule has 0 aliphatic carbocycles. The predicted octanol–water partition coefficient (Wildman–Crippen LogP) is 2.96. The van der Waals surface area contributed by atoms with E-state index in [0.29, 0.717) is 6.42 Å². The van der Waals surface area contributed by atoms with Crippen molar-refractivity contribution < 1.29 is 4.79 Å². The number of rotatable bonds is 4. The molecule has 0 fully saturated rings. The molecule has 1 unspecified atom stereocenters. The highest BCUT2D eigenvalue weighted by atomic mass is 32.2. The fraction of sp³-hybridized carbons (Fsp3) is 0.538. The van der Waals surface area contributed by atoms with Crippen LogP contribution in [0.4, 0.5) is 0 Å². The van der Waals surface area contributed by atoms with Gasteiger partial charge in [-0.25, -0.2) is 0 Å². The second-order valence-electron chi connectivity index (χ2n) is 4.31. The Hall–Kier alpha value is -0.990. The summed E-state index contributed by atoms with van der Waals surface area (Å²) in [5.41, 5.74) is 1.30. The van der Waals surface area contributed by atoms with Gasteiger partial charge in [-0.3, -0.25) is 4.79 Å². The average Bonchev–Trinajstić information content (AvgIpc) is 2.82. The normalized spacial score (nSPS) is 15.6. The van der Waals surface area contributed by atoms with Crippen molar-refractivity contribution >= 4 is 29.0 Å². The van der Waals surface area contributed by atoms with Crippen molar-refractivity contribution in [2.75, 3.05) is 5.75 Å². The van der Waals surface area contributed by atoms with Gasteiger partial charge in [0.25, 0.3) is 5.91 Å². The molecule has 3 nitrogen and oxygen atoms in total. The topological polar surface area (TPSA) is 52.9 Å². The van der Waals surface area contributed by atoms with E-state index >= 15 is 0 Å². The summed E-state index contributed by atoms with van der Waals surface area (Å²) in [5.74, 6) is 2.06. The van der Waals surface area contributed by atoms with Crippen molar-refractivity contribution in [3.8, 4) is 6.07 Å². The Morgan fingerprint density at radius 3 is 3.17 bits per heavy atom.